The first-order chi connectivity index (χ1) is 8.68. The van der Waals surface area contributed by atoms with E-state index in [0.29, 0.717) is 17.7 Å². The highest BCUT2D eigenvalue weighted by Gasteiger charge is 2.06. The molecule has 0 unspecified atom stereocenters. The van der Waals surface area contributed by atoms with E-state index in [-0.39, 0.29) is 11.6 Å². The van der Waals surface area contributed by atoms with Gasteiger partial charge in [-0.25, -0.2) is 4.39 Å². The molecule has 0 heterocycles. The minimum Gasteiger partial charge on any atom is -0.380 e. The number of carbonyl (C=O) groups excluding carboxylic acids is 1. The smallest absolute Gasteiger partial charge is 0.161 e. The van der Waals surface area contributed by atoms with Gasteiger partial charge in [-0.05, 0) is 25.1 Å². The number of para-hydroxylation sites is 1. The highest BCUT2D eigenvalue weighted by molar-refractivity contribution is 5.99. The van der Waals surface area contributed by atoms with Crippen molar-refractivity contribution >= 4 is 11.5 Å². The van der Waals surface area contributed by atoms with E-state index in [9.17, 15) is 9.18 Å². The van der Waals surface area contributed by atoms with E-state index >= 15 is 0 Å². The predicted molar refractivity (Wildman–Crippen MR) is 70.2 cm³/mol. The van der Waals surface area contributed by atoms with Crippen molar-refractivity contribution in [1.29, 1.82) is 0 Å². The third kappa shape index (κ3) is 2.74. The zero-order valence-corrected chi connectivity index (χ0v) is 10.1. The van der Waals surface area contributed by atoms with Crippen LogP contribution < -0.4 is 5.32 Å². The van der Waals surface area contributed by atoms with Crippen LogP contribution in [-0.4, -0.2) is 5.78 Å². The first kappa shape index (κ1) is 12.3. The van der Waals surface area contributed by atoms with Gasteiger partial charge in [0.25, 0.3) is 0 Å². The topological polar surface area (TPSA) is 29.1 Å². The summed E-state index contributed by atoms with van der Waals surface area (Å²) in [4.78, 5) is 11.4. The molecule has 2 aromatic carbocycles. The Morgan fingerprint density at radius 2 is 1.78 bits per heavy atom. The molecule has 0 atom stereocenters. The van der Waals surface area contributed by atoms with Gasteiger partial charge in [0.05, 0.1) is 0 Å². The molecular weight excluding hydrogens is 229 g/mol. The minimum absolute atomic E-state index is 0.00775. The van der Waals surface area contributed by atoms with E-state index < -0.39 is 0 Å². The Hall–Kier alpha value is -2.16. The first-order valence-corrected chi connectivity index (χ1v) is 5.75. The maximum Gasteiger partial charge on any atom is 0.161 e. The number of hydrogen-bond donors (Lipinski definition) is 1. The van der Waals surface area contributed by atoms with Crippen LogP contribution in [0.2, 0.25) is 0 Å². The molecular formula is C15H14FNO. The Bertz CT molecular complexity index is 566. The lowest BCUT2D eigenvalue weighted by Gasteiger charge is -2.10. The van der Waals surface area contributed by atoms with Crippen molar-refractivity contribution in [3.8, 4) is 0 Å². The summed E-state index contributed by atoms with van der Waals surface area (Å²) in [5, 5.41) is 3.09. The second-order valence-corrected chi connectivity index (χ2v) is 4.05. The lowest BCUT2D eigenvalue weighted by molar-refractivity contribution is 0.101. The molecule has 0 radical (unpaired) electrons. The van der Waals surface area contributed by atoms with Gasteiger partial charge in [-0.3, -0.25) is 4.79 Å². The summed E-state index contributed by atoms with van der Waals surface area (Å²) in [7, 11) is 0. The molecule has 2 aromatic rings. The molecule has 0 aliphatic carbocycles. The van der Waals surface area contributed by atoms with Crippen LogP contribution in [0.5, 0.6) is 0 Å². The van der Waals surface area contributed by atoms with Gasteiger partial charge in [0.1, 0.15) is 5.82 Å². The number of carbonyl (C=O) groups is 1. The van der Waals surface area contributed by atoms with Gasteiger partial charge in [0.15, 0.2) is 5.78 Å². The molecule has 0 spiro atoms. The summed E-state index contributed by atoms with van der Waals surface area (Å²) in [5.41, 5.74) is 1.93. The Balaban J connectivity index is 2.16. The van der Waals surface area contributed by atoms with Crippen LogP contribution in [-0.2, 0) is 6.54 Å². The Morgan fingerprint density at radius 3 is 2.50 bits per heavy atom. The summed E-state index contributed by atoms with van der Waals surface area (Å²) in [6, 6.07) is 13.8. The summed E-state index contributed by atoms with van der Waals surface area (Å²) < 4.78 is 13.4. The maximum atomic E-state index is 13.4. The number of anilines is 1. The van der Waals surface area contributed by atoms with Crippen molar-refractivity contribution in [2.45, 2.75) is 13.5 Å². The zero-order chi connectivity index (χ0) is 13.0. The van der Waals surface area contributed by atoms with E-state index in [1.165, 1.54) is 13.0 Å². The van der Waals surface area contributed by atoms with Gasteiger partial charge in [-0.2, -0.15) is 0 Å². The van der Waals surface area contributed by atoms with Crippen LogP contribution in [0.15, 0.2) is 48.5 Å². The van der Waals surface area contributed by atoms with Crippen molar-refractivity contribution in [2.75, 3.05) is 5.32 Å². The predicted octanol–water partition coefficient (Wildman–Crippen LogP) is 3.64. The van der Waals surface area contributed by atoms with Crippen LogP contribution in [0.3, 0.4) is 0 Å². The molecule has 0 aliphatic rings. The number of hydrogen-bond acceptors (Lipinski definition) is 2. The largest absolute Gasteiger partial charge is 0.380 e. The van der Waals surface area contributed by atoms with E-state index in [1.54, 1.807) is 24.3 Å². The summed E-state index contributed by atoms with van der Waals surface area (Å²) in [6.45, 7) is 1.88. The third-order valence-corrected chi connectivity index (χ3v) is 2.73. The van der Waals surface area contributed by atoms with Crippen LogP contribution in [0.4, 0.5) is 10.1 Å². The number of Topliss-reactive ketones (excluding diaryl/α,β-unsaturated/α-hetero) is 1. The average Bonchev–Trinajstić information content (AvgIpc) is 2.38. The summed E-state index contributed by atoms with van der Waals surface area (Å²) in [6.07, 6.45) is 0. The fourth-order valence-corrected chi connectivity index (χ4v) is 1.78. The fraction of sp³-hybridized carbons (Fsp3) is 0.133. The quantitative estimate of drug-likeness (QED) is 0.830. The molecule has 2 rings (SSSR count). The van der Waals surface area contributed by atoms with Gasteiger partial charge in [0, 0.05) is 23.4 Å². The highest BCUT2D eigenvalue weighted by atomic mass is 19.1. The Labute approximate surface area is 105 Å². The molecule has 18 heavy (non-hydrogen) atoms. The maximum absolute atomic E-state index is 13.4. The van der Waals surface area contributed by atoms with Crippen molar-refractivity contribution in [3.05, 3.63) is 65.5 Å². The molecule has 0 aliphatic heterocycles. The SMILES string of the molecule is CC(=O)c1ccccc1NCc1ccccc1F. The number of rotatable bonds is 4. The zero-order valence-electron chi connectivity index (χ0n) is 10.1. The number of benzene rings is 2. The van der Waals surface area contributed by atoms with Gasteiger partial charge in [-0.1, -0.05) is 30.3 Å². The molecule has 0 amide bonds. The van der Waals surface area contributed by atoms with E-state index in [1.807, 2.05) is 18.2 Å². The van der Waals surface area contributed by atoms with Gasteiger partial charge < -0.3 is 5.32 Å². The third-order valence-electron chi connectivity index (χ3n) is 2.73. The lowest BCUT2D eigenvalue weighted by Crippen LogP contribution is -2.05. The first-order valence-electron chi connectivity index (χ1n) is 5.75. The molecule has 0 bridgehead atoms. The minimum atomic E-state index is -0.245. The summed E-state index contributed by atoms with van der Waals surface area (Å²) in [5.74, 6) is -0.253. The molecule has 1 N–H and O–H groups in total. The standard InChI is InChI=1S/C15H14FNO/c1-11(18)13-7-3-5-9-15(13)17-10-12-6-2-4-8-14(12)16/h2-9,17H,10H2,1H3. The van der Waals surface area contributed by atoms with Gasteiger partial charge in [-0.15, -0.1) is 0 Å². The normalized spacial score (nSPS) is 10.1. The molecule has 92 valence electrons. The molecule has 0 saturated heterocycles. The van der Waals surface area contributed by atoms with Crippen molar-refractivity contribution in [3.63, 3.8) is 0 Å². The van der Waals surface area contributed by atoms with Gasteiger partial charge >= 0.3 is 0 Å². The molecule has 3 heteroatoms. The van der Waals surface area contributed by atoms with E-state index in [0.717, 1.165) is 5.69 Å². The number of nitrogens with one attached hydrogen (secondary N) is 1. The molecule has 2 nitrogen and oxygen atoms in total. The monoisotopic (exact) mass is 243 g/mol. The number of halogens is 1. The number of ketones is 1. The van der Waals surface area contributed by atoms with Crippen molar-refractivity contribution in [2.24, 2.45) is 0 Å². The van der Waals surface area contributed by atoms with Crippen molar-refractivity contribution < 1.29 is 9.18 Å². The van der Waals surface area contributed by atoms with Crippen molar-refractivity contribution in [1.82, 2.24) is 0 Å². The summed E-state index contributed by atoms with van der Waals surface area (Å²) >= 11 is 0. The van der Waals surface area contributed by atoms with Gasteiger partial charge in [0.2, 0.25) is 0 Å². The van der Waals surface area contributed by atoms with E-state index in [4.69, 9.17) is 0 Å². The molecule has 0 fully saturated rings. The Kier molecular flexibility index (Phi) is 3.72. The molecule has 0 aromatic heterocycles. The Morgan fingerprint density at radius 1 is 1.11 bits per heavy atom. The van der Waals surface area contributed by atoms with Crippen LogP contribution in [0.25, 0.3) is 0 Å². The lowest BCUT2D eigenvalue weighted by atomic mass is 10.1. The average molecular weight is 243 g/mol. The second-order valence-electron chi connectivity index (χ2n) is 4.05. The van der Waals surface area contributed by atoms with Crippen LogP contribution in [0.1, 0.15) is 22.8 Å². The fourth-order valence-electron chi connectivity index (χ4n) is 1.78. The van der Waals surface area contributed by atoms with Crippen LogP contribution in [0, 0.1) is 5.82 Å². The van der Waals surface area contributed by atoms with E-state index in [2.05, 4.69) is 5.32 Å². The molecule has 0 saturated carbocycles. The second kappa shape index (κ2) is 5.45. The van der Waals surface area contributed by atoms with Crippen LogP contribution >= 0.6 is 0 Å². The highest BCUT2D eigenvalue weighted by Crippen LogP contribution is 2.17.